The summed E-state index contributed by atoms with van der Waals surface area (Å²) in [4.78, 5) is 0. The van der Waals surface area contributed by atoms with E-state index in [0.29, 0.717) is 6.61 Å². The van der Waals surface area contributed by atoms with Gasteiger partial charge in [-0.3, -0.25) is 4.68 Å². The molecule has 4 nitrogen and oxygen atoms in total. The van der Waals surface area contributed by atoms with Crippen molar-refractivity contribution < 1.29 is 4.74 Å². The molecule has 1 aromatic heterocycles. The van der Waals surface area contributed by atoms with Gasteiger partial charge in [-0.05, 0) is 42.5 Å². The molecule has 1 aliphatic rings. The van der Waals surface area contributed by atoms with E-state index < -0.39 is 0 Å². The van der Waals surface area contributed by atoms with E-state index >= 15 is 0 Å². The van der Waals surface area contributed by atoms with Crippen molar-refractivity contribution in [3.63, 3.8) is 0 Å². The minimum atomic E-state index is 0.155. The summed E-state index contributed by atoms with van der Waals surface area (Å²) in [6, 6.07) is 8.30. The number of nitrogens with two attached hydrogens (primary N) is 1. The molecule has 0 saturated heterocycles. The number of hydrogen-bond donors (Lipinski definition) is 1. The predicted molar refractivity (Wildman–Crippen MR) is 73.8 cm³/mol. The zero-order valence-electron chi connectivity index (χ0n) is 11.2. The standard InChI is InChI=1S/C15H19N3O/c1-18-9-8-11(17-18)10-19-15-7-3-4-12-13(15)5-2-6-14(12)16/h3-4,7-9,14H,2,5-6,10,16H2,1H3. The van der Waals surface area contributed by atoms with E-state index in [9.17, 15) is 0 Å². The Kier molecular flexibility index (Phi) is 3.25. The van der Waals surface area contributed by atoms with Crippen LogP contribution in [0.5, 0.6) is 5.75 Å². The monoisotopic (exact) mass is 257 g/mol. The Balaban J connectivity index is 1.79. The van der Waals surface area contributed by atoms with Crippen LogP contribution in [-0.4, -0.2) is 9.78 Å². The molecular formula is C15H19N3O. The van der Waals surface area contributed by atoms with Crippen LogP contribution in [0.15, 0.2) is 30.5 Å². The Labute approximate surface area is 113 Å². The van der Waals surface area contributed by atoms with E-state index in [-0.39, 0.29) is 6.04 Å². The van der Waals surface area contributed by atoms with Crippen LogP contribution in [0.25, 0.3) is 0 Å². The number of rotatable bonds is 3. The second-order valence-corrected chi connectivity index (χ2v) is 5.09. The summed E-state index contributed by atoms with van der Waals surface area (Å²) in [5.74, 6) is 0.957. The van der Waals surface area contributed by atoms with Gasteiger partial charge in [-0.15, -0.1) is 0 Å². The minimum absolute atomic E-state index is 0.155. The first kappa shape index (κ1) is 12.2. The van der Waals surface area contributed by atoms with Gasteiger partial charge in [-0.25, -0.2) is 0 Å². The molecule has 0 radical (unpaired) electrons. The summed E-state index contributed by atoms with van der Waals surface area (Å²) >= 11 is 0. The van der Waals surface area contributed by atoms with Crippen molar-refractivity contribution >= 4 is 0 Å². The molecule has 0 bridgehead atoms. The molecule has 0 amide bonds. The topological polar surface area (TPSA) is 53.1 Å². The Bertz CT molecular complexity index is 577. The molecule has 2 aromatic rings. The number of aromatic nitrogens is 2. The maximum absolute atomic E-state index is 6.15. The molecule has 3 rings (SSSR count). The van der Waals surface area contributed by atoms with E-state index in [0.717, 1.165) is 30.7 Å². The quantitative estimate of drug-likeness (QED) is 0.918. The summed E-state index contributed by atoms with van der Waals surface area (Å²) in [6.45, 7) is 0.506. The summed E-state index contributed by atoms with van der Waals surface area (Å²) in [5.41, 5.74) is 9.61. The molecule has 2 N–H and O–H groups in total. The second kappa shape index (κ2) is 5.05. The summed E-state index contributed by atoms with van der Waals surface area (Å²) in [5, 5.41) is 4.32. The lowest BCUT2D eigenvalue weighted by Crippen LogP contribution is -2.18. The maximum atomic E-state index is 6.15. The highest BCUT2D eigenvalue weighted by molar-refractivity contribution is 5.43. The number of fused-ring (bicyclic) bond motifs is 1. The van der Waals surface area contributed by atoms with E-state index in [1.54, 1.807) is 4.68 Å². The van der Waals surface area contributed by atoms with Crippen LogP contribution in [0.3, 0.4) is 0 Å². The van der Waals surface area contributed by atoms with Gasteiger partial charge < -0.3 is 10.5 Å². The third kappa shape index (κ3) is 2.49. The number of aryl methyl sites for hydroxylation is 1. The van der Waals surface area contributed by atoms with Gasteiger partial charge in [0.25, 0.3) is 0 Å². The molecule has 1 atom stereocenters. The van der Waals surface area contributed by atoms with Crippen molar-refractivity contribution in [1.29, 1.82) is 0 Å². The molecule has 0 spiro atoms. The fourth-order valence-electron chi connectivity index (χ4n) is 2.68. The van der Waals surface area contributed by atoms with Crippen LogP contribution in [0.2, 0.25) is 0 Å². The number of benzene rings is 1. The molecule has 1 aliphatic carbocycles. The normalized spacial score (nSPS) is 18.1. The lowest BCUT2D eigenvalue weighted by Gasteiger charge is -2.24. The lowest BCUT2D eigenvalue weighted by molar-refractivity contribution is 0.294. The third-order valence-electron chi connectivity index (χ3n) is 3.66. The van der Waals surface area contributed by atoms with Crippen molar-refractivity contribution in [2.24, 2.45) is 12.8 Å². The molecule has 1 aromatic carbocycles. The van der Waals surface area contributed by atoms with Gasteiger partial charge in [-0.2, -0.15) is 5.10 Å². The first-order chi connectivity index (χ1) is 9.24. The van der Waals surface area contributed by atoms with Gasteiger partial charge >= 0.3 is 0 Å². The van der Waals surface area contributed by atoms with Gasteiger partial charge in [0, 0.05) is 19.3 Å². The molecular weight excluding hydrogens is 238 g/mol. The van der Waals surface area contributed by atoms with Gasteiger partial charge in [0.2, 0.25) is 0 Å². The fraction of sp³-hybridized carbons (Fsp3) is 0.400. The summed E-state index contributed by atoms with van der Waals surface area (Å²) < 4.78 is 7.71. The Morgan fingerprint density at radius 2 is 2.32 bits per heavy atom. The van der Waals surface area contributed by atoms with Gasteiger partial charge in [-0.1, -0.05) is 12.1 Å². The second-order valence-electron chi connectivity index (χ2n) is 5.09. The SMILES string of the molecule is Cn1ccc(COc2cccc3c2CCCC3N)n1. The third-order valence-corrected chi connectivity index (χ3v) is 3.66. The first-order valence-corrected chi connectivity index (χ1v) is 6.73. The van der Waals surface area contributed by atoms with Crippen molar-refractivity contribution in [2.45, 2.75) is 31.9 Å². The average Bonchev–Trinajstić information content (AvgIpc) is 2.83. The first-order valence-electron chi connectivity index (χ1n) is 6.73. The van der Waals surface area contributed by atoms with Gasteiger partial charge in [0.1, 0.15) is 12.4 Å². The lowest BCUT2D eigenvalue weighted by atomic mass is 9.87. The van der Waals surface area contributed by atoms with Gasteiger partial charge in [0.05, 0.1) is 5.69 Å². The van der Waals surface area contributed by atoms with Crippen molar-refractivity contribution in [1.82, 2.24) is 9.78 Å². The van der Waals surface area contributed by atoms with Crippen LogP contribution in [0.1, 0.15) is 35.7 Å². The molecule has 100 valence electrons. The number of nitrogens with zero attached hydrogens (tertiary/aromatic N) is 2. The van der Waals surface area contributed by atoms with E-state index in [1.807, 2.05) is 31.4 Å². The Morgan fingerprint density at radius 3 is 3.11 bits per heavy atom. The van der Waals surface area contributed by atoms with Crippen LogP contribution < -0.4 is 10.5 Å². The van der Waals surface area contributed by atoms with Crippen LogP contribution in [0.4, 0.5) is 0 Å². The molecule has 19 heavy (non-hydrogen) atoms. The zero-order valence-corrected chi connectivity index (χ0v) is 11.2. The average molecular weight is 257 g/mol. The molecule has 4 heteroatoms. The van der Waals surface area contributed by atoms with Crippen molar-refractivity contribution in [3.8, 4) is 5.75 Å². The fourth-order valence-corrected chi connectivity index (χ4v) is 2.68. The van der Waals surface area contributed by atoms with E-state index in [4.69, 9.17) is 10.5 Å². The minimum Gasteiger partial charge on any atom is -0.487 e. The molecule has 0 fully saturated rings. The van der Waals surface area contributed by atoms with E-state index in [1.165, 1.54) is 11.1 Å². The van der Waals surface area contributed by atoms with E-state index in [2.05, 4.69) is 11.2 Å². The maximum Gasteiger partial charge on any atom is 0.132 e. The molecule has 1 heterocycles. The molecule has 0 aliphatic heterocycles. The predicted octanol–water partition coefficient (Wildman–Crippen LogP) is 2.34. The van der Waals surface area contributed by atoms with Crippen LogP contribution in [-0.2, 0) is 20.1 Å². The van der Waals surface area contributed by atoms with Crippen molar-refractivity contribution in [3.05, 3.63) is 47.3 Å². The number of ether oxygens (including phenoxy) is 1. The highest BCUT2D eigenvalue weighted by Crippen LogP contribution is 2.34. The molecule has 0 saturated carbocycles. The molecule has 1 unspecified atom stereocenters. The Morgan fingerprint density at radius 1 is 1.42 bits per heavy atom. The largest absolute Gasteiger partial charge is 0.487 e. The Hall–Kier alpha value is -1.81. The summed E-state index contributed by atoms with van der Waals surface area (Å²) in [6.07, 6.45) is 5.19. The number of hydrogen-bond acceptors (Lipinski definition) is 3. The zero-order chi connectivity index (χ0) is 13.2. The van der Waals surface area contributed by atoms with Gasteiger partial charge in [0.15, 0.2) is 0 Å². The smallest absolute Gasteiger partial charge is 0.132 e. The highest BCUT2D eigenvalue weighted by Gasteiger charge is 2.19. The van der Waals surface area contributed by atoms with Crippen LogP contribution >= 0.6 is 0 Å². The highest BCUT2D eigenvalue weighted by atomic mass is 16.5. The summed E-state index contributed by atoms with van der Waals surface area (Å²) in [7, 11) is 1.91. The van der Waals surface area contributed by atoms with Crippen LogP contribution in [0, 0.1) is 0 Å². The van der Waals surface area contributed by atoms with Crippen molar-refractivity contribution in [2.75, 3.05) is 0 Å².